The van der Waals surface area contributed by atoms with E-state index in [-0.39, 0.29) is 5.92 Å². The Balaban J connectivity index is 2.30. The summed E-state index contributed by atoms with van der Waals surface area (Å²) in [5, 5.41) is 8.70. The molecule has 0 radical (unpaired) electrons. The van der Waals surface area contributed by atoms with Gasteiger partial charge in [-0.25, -0.2) is 0 Å². The smallest absolute Gasteiger partial charge is 0.306 e. The lowest BCUT2D eigenvalue weighted by Gasteiger charge is -2.24. The molecule has 0 amide bonds. The summed E-state index contributed by atoms with van der Waals surface area (Å²) in [4.78, 5) is 10.5. The number of carboxylic acid groups (broad SMARTS) is 1. The molecule has 0 aromatic heterocycles. The zero-order chi connectivity index (χ0) is 8.27. The minimum Gasteiger partial charge on any atom is -0.481 e. The Labute approximate surface area is 67.6 Å². The predicted molar refractivity (Wildman–Crippen MR) is 43.4 cm³/mol. The van der Waals surface area contributed by atoms with Gasteiger partial charge in [0.15, 0.2) is 0 Å². The molecule has 1 N–H and O–H groups in total. The van der Waals surface area contributed by atoms with E-state index in [1.807, 2.05) is 0 Å². The van der Waals surface area contributed by atoms with E-state index < -0.39 is 5.97 Å². The van der Waals surface area contributed by atoms with Gasteiger partial charge in [0.2, 0.25) is 0 Å². The molecule has 2 heteroatoms. The first kappa shape index (κ1) is 8.57. The highest BCUT2D eigenvalue weighted by atomic mass is 16.4. The molecule has 0 heterocycles. The van der Waals surface area contributed by atoms with Gasteiger partial charge in [0.1, 0.15) is 0 Å². The van der Waals surface area contributed by atoms with Crippen LogP contribution in [0.25, 0.3) is 0 Å². The third-order valence-corrected chi connectivity index (χ3v) is 2.77. The fourth-order valence-corrected chi connectivity index (χ4v) is 1.82. The topological polar surface area (TPSA) is 37.3 Å². The van der Waals surface area contributed by atoms with Crippen molar-refractivity contribution in [2.45, 2.75) is 39.0 Å². The summed E-state index contributed by atoms with van der Waals surface area (Å²) in [6, 6.07) is 0. The van der Waals surface area contributed by atoms with Crippen molar-refractivity contribution >= 4 is 5.97 Å². The minimum atomic E-state index is -0.598. The van der Waals surface area contributed by atoms with Gasteiger partial charge in [0.25, 0.3) is 0 Å². The van der Waals surface area contributed by atoms with E-state index in [9.17, 15) is 4.79 Å². The SMILES string of the molecule is CC[C@H]1CC[C@H](C(=O)O)CC1. The standard InChI is InChI=1S/C9H16O2/c1-2-7-3-5-8(6-4-7)9(10)11/h7-8H,2-6H2,1H3,(H,10,11)/t7-,8-. The lowest BCUT2D eigenvalue weighted by molar-refractivity contribution is -0.143. The minimum absolute atomic E-state index is 0.0437. The van der Waals surface area contributed by atoms with Crippen molar-refractivity contribution < 1.29 is 9.90 Å². The third-order valence-electron chi connectivity index (χ3n) is 2.77. The molecule has 0 aromatic carbocycles. The fourth-order valence-electron chi connectivity index (χ4n) is 1.82. The molecule has 1 aliphatic carbocycles. The molecule has 0 atom stereocenters. The number of aliphatic carboxylic acids is 1. The quantitative estimate of drug-likeness (QED) is 0.666. The van der Waals surface area contributed by atoms with Crippen LogP contribution in [-0.4, -0.2) is 11.1 Å². The summed E-state index contributed by atoms with van der Waals surface area (Å²) in [5.74, 6) is 0.156. The average molecular weight is 156 g/mol. The van der Waals surface area contributed by atoms with Gasteiger partial charge >= 0.3 is 5.97 Å². The molecule has 1 aliphatic rings. The van der Waals surface area contributed by atoms with Crippen molar-refractivity contribution in [1.29, 1.82) is 0 Å². The van der Waals surface area contributed by atoms with Crippen molar-refractivity contribution in [3.8, 4) is 0 Å². The Hall–Kier alpha value is -0.530. The Morgan fingerprint density at radius 2 is 1.91 bits per heavy atom. The normalized spacial score (nSPS) is 31.7. The first-order valence-electron chi connectivity index (χ1n) is 4.46. The van der Waals surface area contributed by atoms with E-state index in [0.29, 0.717) is 0 Å². The third kappa shape index (κ3) is 2.21. The summed E-state index contributed by atoms with van der Waals surface area (Å²) in [6.45, 7) is 2.19. The van der Waals surface area contributed by atoms with Gasteiger partial charge in [-0.1, -0.05) is 13.3 Å². The molecule has 0 aromatic rings. The summed E-state index contributed by atoms with van der Waals surface area (Å²) in [5.41, 5.74) is 0. The molecular formula is C9H16O2. The second-order valence-electron chi connectivity index (χ2n) is 3.46. The first-order valence-corrected chi connectivity index (χ1v) is 4.46. The average Bonchev–Trinajstić information content (AvgIpc) is 2.05. The maximum Gasteiger partial charge on any atom is 0.306 e. The van der Waals surface area contributed by atoms with Crippen molar-refractivity contribution in [1.82, 2.24) is 0 Å². The summed E-state index contributed by atoms with van der Waals surface area (Å²) in [7, 11) is 0. The maximum absolute atomic E-state index is 10.5. The molecule has 64 valence electrons. The number of rotatable bonds is 2. The van der Waals surface area contributed by atoms with Gasteiger partial charge in [0.05, 0.1) is 5.92 Å². The van der Waals surface area contributed by atoms with Gasteiger partial charge in [-0.05, 0) is 31.6 Å². The van der Waals surface area contributed by atoms with Crippen LogP contribution < -0.4 is 0 Å². The molecule has 0 bridgehead atoms. The van der Waals surface area contributed by atoms with Crippen molar-refractivity contribution in [3.05, 3.63) is 0 Å². The van der Waals surface area contributed by atoms with Crippen LogP contribution >= 0.6 is 0 Å². The maximum atomic E-state index is 10.5. The fraction of sp³-hybridized carbons (Fsp3) is 0.889. The van der Waals surface area contributed by atoms with Gasteiger partial charge in [-0.2, -0.15) is 0 Å². The molecule has 0 aliphatic heterocycles. The van der Waals surface area contributed by atoms with E-state index in [0.717, 1.165) is 31.6 Å². The Morgan fingerprint density at radius 1 is 1.36 bits per heavy atom. The number of hydrogen-bond donors (Lipinski definition) is 1. The Kier molecular flexibility index (Phi) is 2.92. The molecule has 1 saturated carbocycles. The summed E-state index contributed by atoms with van der Waals surface area (Å²) in [6.07, 6.45) is 5.24. The summed E-state index contributed by atoms with van der Waals surface area (Å²) < 4.78 is 0. The number of hydrogen-bond acceptors (Lipinski definition) is 1. The summed E-state index contributed by atoms with van der Waals surface area (Å²) >= 11 is 0. The molecule has 0 saturated heterocycles. The lowest BCUT2D eigenvalue weighted by Crippen LogP contribution is -2.20. The second-order valence-corrected chi connectivity index (χ2v) is 3.46. The second kappa shape index (κ2) is 3.74. The van der Waals surface area contributed by atoms with E-state index >= 15 is 0 Å². The molecular weight excluding hydrogens is 140 g/mol. The van der Waals surface area contributed by atoms with Crippen LogP contribution in [0.15, 0.2) is 0 Å². The van der Waals surface area contributed by atoms with Crippen LogP contribution in [0.5, 0.6) is 0 Å². The zero-order valence-corrected chi connectivity index (χ0v) is 7.05. The molecule has 2 nitrogen and oxygen atoms in total. The van der Waals surface area contributed by atoms with E-state index in [1.54, 1.807) is 0 Å². The largest absolute Gasteiger partial charge is 0.481 e. The highest BCUT2D eigenvalue weighted by Crippen LogP contribution is 2.30. The van der Waals surface area contributed by atoms with Crippen LogP contribution in [-0.2, 0) is 4.79 Å². The van der Waals surface area contributed by atoms with E-state index in [1.165, 1.54) is 6.42 Å². The van der Waals surface area contributed by atoms with E-state index in [2.05, 4.69) is 6.92 Å². The molecule has 0 spiro atoms. The number of carboxylic acids is 1. The lowest BCUT2D eigenvalue weighted by atomic mass is 9.81. The van der Waals surface area contributed by atoms with Crippen LogP contribution in [0.4, 0.5) is 0 Å². The molecule has 1 rings (SSSR count). The molecule has 11 heavy (non-hydrogen) atoms. The van der Waals surface area contributed by atoms with Gasteiger partial charge in [0, 0.05) is 0 Å². The van der Waals surface area contributed by atoms with Crippen molar-refractivity contribution in [3.63, 3.8) is 0 Å². The van der Waals surface area contributed by atoms with Crippen LogP contribution in [0.1, 0.15) is 39.0 Å². The zero-order valence-electron chi connectivity index (χ0n) is 7.05. The van der Waals surface area contributed by atoms with Crippen molar-refractivity contribution in [2.75, 3.05) is 0 Å². The predicted octanol–water partition coefficient (Wildman–Crippen LogP) is 2.29. The van der Waals surface area contributed by atoms with E-state index in [4.69, 9.17) is 5.11 Å². The molecule has 0 unspecified atom stereocenters. The highest BCUT2D eigenvalue weighted by molar-refractivity contribution is 5.69. The first-order chi connectivity index (χ1) is 5.24. The van der Waals surface area contributed by atoms with Crippen LogP contribution in [0.2, 0.25) is 0 Å². The van der Waals surface area contributed by atoms with Gasteiger partial charge in [-0.3, -0.25) is 4.79 Å². The Bertz CT molecular complexity index is 134. The number of carbonyl (C=O) groups is 1. The van der Waals surface area contributed by atoms with Crippen molar-refractivity contribution in [2.24, 2.45) is 11.8 Å². The van der Waals surface area contributed by atoms with Gasteiger partial charge in [-0.15, -0.1) is 0 Å². The monoisotopic (exact) mass is 156 g/mol. The highest BCUT2D eigenvalue weighted by Gasteiger charge is 2.24. The van der Waals surface area contributed by atoms with Gasteiger partial charge < -0.3 is 5.11 Å². The Morgan fingerprint density at radius 3 is 2.27 bits per heavy atom. The molecule has 1 fully saturated rings. The van der Waals surface area contributed by atoms with Crippen LogP contribution in [0, 0.1) is 11.8 Å². The van der Waals surface area contributed by atoms with Crippen LogP contribution in [0.3, 0.4) is 0 Å².